The van der Waals surface area contributed by atoms with Crippen molar-refractivity contribution in [2.45, 2.75) is 25.5 Å². The third-order valence-corrected chi connectivity index (χ3v) is 3.80. The van der Waals surface area contributed by atoms with Crippen LogP contribution in [0, 0.1) is 0 Å². The zero-order chi connectivity index (χ0) is 14.8. The van der Waals surface area contributed by atoms with Crippen molar-refractivity contribution in [3.05, 3.63) is 30.0 Å². The van der Waals surface area contributed by atoms with E-state index in [4.69, 9.17) is 9.57 Å². The molecule has 1 aliphatic heterocycles. The fourth-order valence-electron chi connectivity index (χ4n) is 2.62. The van der Waals surface area contributed by atoms with Crippen LogP contribution < -0.4 is 0 Å². The topological polar surface area (TPSA) is 56.6 Å². The predicted octanol–water partition coefficient (Wildman–Crippen LogP) is 2.37. The maximum atomic E-state index is 12.4. The monoisotopic (exact) mass is 289 g/mol. The second kappa shape index (κ2) is 5.83. The van der Waals surface area contributed by atoms with E-state index in [1.807, 2.05) is 28.9 Å². The number of amides is 1. The number of hydrogen-bond donors (Lipinski definition) is 0. The molecule has 0 N–H and O–H groups in total. The number of ether oxygens (including phenoxy) is 1. The highest BCUT2D eigenvalue weighted by molar-refractivity contribution is 6.04. The summed E-state index contributed by atoms with van der Waals surface area (Å²) in [5.74, 6) is -0.261. The average molecular weight is 289 g/mol. The van der Waals surface area contributed by atoms with Crippen LogP contribution in [0.1, 0.15) is 36.0 Å². The SMILES string of the molecule is CON(C)C(=O)c1nn(C2CCCCO2)c2ccccc12. The number of carbonyl (C=O) groups is 1. The molecule has 0 radical (unpaired) electrons. The minimum Gasteiger partial charge on any atom is -0.356 e. The maximum absolute atomic E-state index is 12.4. The third kappa shape index (κ3) is 2.52. The summed E-state index contributed by atoms with van der Waals surface area (Å²) in [4.78, 5) is 17.3. The fraction of sp³-hybridized carbons (Fsp3) is 0.467. The number of fused-ring (bicyclic) bond motifs is 1. The largest absolute Gasteiger partial charge is 0.356 e. The van der Waals surface area contributed by atoms with Gasteiger partial charge in [0.25, 0.3) is 5.91 Å². The molecular formula is C15H19N3O3. The second-order valence-electron chi connectivity index (χ2n) is 5.12. The second-order valence-corrected chi connectivity index (χ2v) is 5.12. The van der Waals surface area contributed by atoms with E-state index in [0.717, 1.165) is 36.8 Å². The summed E-state index contributed by atoms with van der Waals surface area (Å²) < 4.78 is 7.62. The molecule has 6 nitrogen and oxygen atoms in total. The van der Waals surface area contributed by atoms with Gasteiger partial charge in [-0.3, -0.25) is 9.63 Å². The summed E-state index contributed by atoms with van der Waals surface area (Å²) in [6, 6.07) is 7.71. The van der Waals surface area contributed by atoms with E-state index in [0.29, 0.717) is 5.69 Å². The quantitative estimate of drug-likeness (QED) is 0.814. The van der Waals surface area contributed by atoms with Crippen LogP contribution in [0.15, 0.2) is 24.3 Å². The molecule has 0 bridgehead atoms. The van der Waals surface area contributed by atoms with Gasteiger partial charge in [-0.05, 0) is 25.3 Å². The summed E-state index contributed by atoms with van der Waals surface area (Å²) in [6.07, 6.45) is 3.01. The first-order chi connectivity index (χ1) is 10.2. The summed E-state index contributed by atoms with van der Waals surface area (Å²) in [7, 11) is 3.04. The molecule has 1 atom stereocenters. The molecule has 1 unspecified atom stereocenters. The first kappa shape index (κ1) is 14.0. The van der Waals surface area contributed by atoms with Crippen molar-refractivity contribution in [1.82, 2.24) is 14.8 Å². The van der Waals surface area contributed by atoms with Crippen LogP contribution in [0.4, 0.5) is 0 Å². The summed E-state index contributed by atoms with van der Waals surface area (Å²) in [5, 5.41) is 6.50. The van der Waals surface area contributed by atoms with Gasteiger partial charge < -0.3 is 4.74 Å². The Hall–Kier alpha value is -1.92. The highest BCUT2D eigenvalue weighted by Crippen LogP contribution is 2.28. The maximum Gasteiger partial charge on any atom is 0.298 e. The molecular weight excluding hydrogens is 270 g/mol. The van der Waals surface area contributed by atoms with Crippen molar-refractivity contribution in [2.24, 2.45) is 0 Å². The van der Waals surface area contributed by atoms with Crippen molar-refractivity contribution in [3.63, 3.8) is 0 Å². The molecule has 1 aromatic carbocycles. The van der Waals surface area contributed by atoms with Gasteiger partial charge in [-0.15, -0.1) is 0 Å². The lowest BCUT2D eigenvalue weighted by Gasteiger charge is -2.23. The van der Waals surface area contributed by atoms with Gasteiger partial charge in [0.1, 0.15) is 0 Å². The fourth-order valence-corrected chi connectivity index (χ4v) is 2.62. The number of aromatic nitrogens is 2. The van der Waals surface area contributed by atoms with Gasteiger partial charge >= 0.3 is 0 Å². The molecule has 1 saturated heterocycles. The first-order valence-corrected chi connectivity index (χ1v) is 7.13. The van der Waals surface area contributed by atoms with Crippen molar-refractivity contribution in [3.8, 4) is 0 Å². The Morgan fingerprint density at radius 3 is 2.95 bits per heavy atom. The molecule has 2 heterocycles. The van der Waals surface area contributed by atoms with Crippen LogP contribution in [-0.4, -0.2) is 41.5 Å². The van der Waals surface area contributed by atoms with E-state index in [1.165, 1.54) is 12.2 Å². The van der Waals surface area contributed by atoms with Gasteiger partial charge in [-0.1, -0.05) is 18.2 Å². The Bertz CT molecular complexity index is 647. The number of benzene rings is 1. The molecule has 3 rings (SSSR count). The molecule has 6 heteroatoms. The number of para-hydroxylation sites is 1. The van der Waals surface area contributed by atoms with Crippen LogP contribution in [-0.2, 0) is 9.57 Å². The summed E-state index contributed by atoms with van der Waals surface area (Å²) >= 11 is 0. The Labute approximate surface area is 123 Å². The van der Waals surface area contributed by atoms with E-state index in [9.17, 15) is 4.79 Å². The highest BCUT2D eigenvalue weighted by Gasteiger charge is 2.25. The average Bonchev–Trinajstić information content (AvgIpc) is 2.94. The Morgan fingerprint density at radius 2 is 2.24 bits per heavy atom. The summed E-state index contributed by atoms with van der Waals surface area (Å²) in [5.41, 5.74) is 1.31. The van der Waals surface area contributed by atoms with Gasteiger partial charge in [-0.2, -0.15) is 5.10 Å². The number of rotatable bonds is 3. The smallest absolute Gasteiger partial charge is 0.298 e. The van der Waals surface area contributed by atoms with E-state index in [2.05, 4.69) is 5.10 Å². The molecule has 1 fully saturated rings. The number of nitrogens with zero attached hydrogens (tertiary/aromatic N) is 3. The number of hydroxylamine groups is 2. The van der Waals surface area contributed by atoms with Crippen LogP contribution >= 0.6 is 0 Å². The van der Waals surface area contributed by atoms with Crippen molar-refractivity contribution in [2.75, 3.05) is 20.8 Å². The standard InChI is InChI=1S/C15H19N3O3/c1-17(20-2)15(19)14-11-7-3-4-8-12(11)18(16-14)13-9-5-6-10-21-13/h3-4,7-8,13H,5-6,9-10H2,1-2H3. The minimum absolute atomic E-state index is 0.0990. The molecule has 0 saturated carbocycles. The molecule has 21 heavy (non-hydrogen) atoms. The van der Waals surface area contributed by atoms with Gasteiger partial charge in [0.2, 0.25) is 0 Å². The van der Waals surface area contributed by atoms with Crippen molar-refractivity contribution in [1.29, 1.82) is 0 Å². The Balaban J connectivity index is 2.07. The van der Waals surface area contributed by atoms with Crippen LogP contribution in [0.25, 0.3) is 10.9 Å². The lowest BCUT2D eigenvalue weighted by molar-refractivity contribution is -0.0762. The van der Waals surface area contributed by atoms with Crippen LogP contribution in [0.2, 0.25) is 0 Å². The summed E-state index contributed by atoms with van der Waals surface area (Å²) in [6.45, 7) is 0.736. The normalized spacial score (nSPS) is 18.9. The van der Waals surface area contributed by atoms with Gasteiger partial charge in [0.05, 0.1) is 12.6 Å². The molecule has 1 amide bonds. The lowest BCUT2D eigenvalue weighted by Crippen LogP contribution is -2.26. The number of carbonyl (C=O) groups excluding carboxylic acids is 1. The van der Waals surface area contributed by atoms with Gasteiger partial charge in [0, 0.05) is 19.0 Å². The minimum atomic E-state index is -0.261. The molecule has 112 valence electrons. The molecule has 0 aliphatic carbocycles. The van der Waals surface area contributed by atoms with E-state index >= 15 is 0 Å². The first-order valence-electron chi connectivity index (χ1n) is 7.13. The van der Waals surface area contributed by atoms with Crippen molar-refractivity contribution >= 4 is 16.8 Å². The lowest BCUT2D eigenvalue weighted by atomic mass is 10.1. The van der Waals surface area contributed by atoms with Crippen LogP contribution in [0.5, 0.6) is 0 Å². The Kier molecular flexibility index (Phi) is 3.90. The number of hydrogen-bond acceptors (Lipinski definition) is 4. The van der Waals surface area contributed by atoms with E-state index in [-0.39, 0.29) is 12.1 Å². The van der Waals surface area contributed by atoms with Gasteiger partial charge in [0.15, 0.2) is 11.9 Å². The zero-order valence-electron chi connectivity index (χ0n) is 12.3. The third-order valence-electron chi connectivity index (χ3n) is 3.80. The van der Waals surface area contributed by atoms with E-state index in [1.54, 1.807) is 7.05 Å². The predicted molar refractivity (Wildman–Crippen MR) is 77.7 cm³/mol. The van der Waals surface area contributed by atoms with Crippen LogP contribution in [0.3, 0.4) is 0 Å². The Morgan fingerprint density at radius 1 is 1.43 bits per heavy atom. The highest BCUT2D eigenvalue weighted by atomic mass is 16.7. The van der Waals surface area contributed by atoms with Gasteiger partial charge in [-0.25, -0.2) is 9.75 Å². The van der Waals surface area contributed by atoms with Crippen molar-refractivity contribution < 1.29 is 14.4 Å². The molecule has 2 aromatic rings. The zero-order valence-corrected chi connectivity index (χ0v) is 12.3. The molecule has 1 aromatic heterocycles. The molecule has 1 aliphatic rings. The van der Waals surface area contributed by atoms with E-state index < -0.39 is 0 Å². The molecule has 0 spiro atoms.